The molecule has 1 amide bonds. The van der Waals surface area contributed by atoms with Crippen molar-refractivity contribution in [2.75, 3.05) is 6.54 Å². The Morgan fingerprint density at radius 2 is 1.92 bits per heavy atom. The van der Waals surface area contributed by atoms with E-state index in [2.05, 4.69) is 11.8 Å². The molecule has 3 atom stereocenters. The molecule has 24 heavy (non-hydrogen) atoms. The number of aryl methyl sites for hydroxylation is 2. The molecule has 0 unspecified atom stereocenters. The quantitative estimate of drug-likeness (QED) is 0.737. The monoisotopic (exact) mass is 347 g/mol. The molecule has 1 aliphatic carbocycles. The molecule has 3 nitrogen and oxygen atoms in total. The molecule has 1 saturated carbocycles. The van der Waals surface area contributed by atoms with Gasteiger partial charge in [-0.3, -0.25) is 9.59 Å². The van der Waals surface area contributed by atoms with Crippen LogP contribution in [-0.2, 0) is 4.79 Å². The van der Waals surface area contributed by atoms with Crippen LogP contribution >= 0.6 is 11.3 Å². The van der Waals surface area contributed by atoms with Crippen molar-refractivity contribution in [3.8, 4) is 0 Å². The lowest BCUT2D eigenvalue weighted by atomic mass is 9.72. The molecular formula is C20H29NO2S. The molecule has 0 bridgehead atoms. The number of Topliss-reactive ketones (excluding diaryl/α,β-unsaturated/α-hetero) is 1. The van der Waals surface area contributed by atoms with E-state index in [0.29, 0.717) is 24.8 Å². The fourth-order valence-electron chi connectivity index (χ4n) is 4.63. The highest BCUT2D eigenvalue weighted by molar-refractivity contribution is 7.12. The van der Waals surface area contributed by atoms with Crippen LogP contribution in [0.1, 0.15) is 72.0 Å². The zero-order valence-electron chi connectivity index (χ0n) is 15.1. The minimum absolute atomic E-state index is 0.121. The zero-order valence-corrected chi connectivity index (χ0v) is 16.0. The van der Waals surface area contributed by atoms with Crippen LogP contribution in [0.15, 0.2) is 6.07 Å². The normalized spacial score (nSPS) is 27.0. The number of hydrogen-bond donors (Lipinski definition) is 0. The van der Waals surface area contributed by atoms with Gasteiger partial charge in [0.1, 0.15) is 0 Å². The Bertz CT molecular complexity index is 621. The summed E-state index contributed by atoms with van der Waals surface area (Å²) >= 11 is 1.66. The second-order valence-corrected chi connectivity index (χ2v) is 9.08. The van der Waals surface area contributed by atoms with Crippen LogP contribution in [0.4, 0.5) is 0 Å². The Morgan fingerprint density at radius 1 is 1.17 bits per heavy atom. The molecule has 1 aromatic heterocycles. The van der Waals surface area contributed by atoms with Gasteiger partial charge in [0.15, 0.2) is 5.78 Å². The summed E-state index contributed by atoms with van der Waals surface area (Å²) in [5.74, 6) is 1.72. The van der Waals surface area contributed by atoms with E-state index in [-0.39, 0.29) is 11.7 Å². The van der Waals surface area contributed by atoms with Gasteiger partial charge in [0.05, 0.1) is 0 Å². The van der Waals surface area contributed by atoms with Crippen LogP contribution < -0.4 is 0 Å². The summed E-state index contributed by atoms with van der Waals surface area (Å²) in [5.41, 5.74) is 0.813. The van der Waals surface area contributed by atoms with Gasteiger partial charge in [-0.05, 0) is 51.0 Å². The molecule has 3 rings (SSSR count). The van der Waals surface area contributed by atoms with E-state index in [9.17, 15) is 9.59 Å². The highest BCUT2D eigenvalue weighted by atomic mass is 32.1. The number of carbonyl (C=O) groups excluding carboxylic acids is 2. The number of ketones is 1. The molecule has 132 valence electrons. The highest BCUT2D eigenvalue weighted by Crippen LogP contribution is 2.39. The zero-order chi connectivity index (χ0) is 17.3. The standard InChI is InChI=1S/C20H29NO2S/c1-13-10-11-21(18-7-5-4-6-16(13)18)20(23)9-8-19(22)17-12-14(2)24-15(17)3/h12-13,16,18H,4-11H2,1-3H3/t13-,16-,18+/m0/s1. The third-order valence-corrected chi connectivity index (χ3v) is 6.93. The lowest BCUT2D eigenvalue weighted by Crippen LogP contribution is -2.52. The number of piperidine rings is 1. The molecule has 2 fully saturated rings. The van der Waals surface area contributed by atoms with Gasteiger partial charge in [0.25, 0.3) is 0 Å². The topological polar surface area (TPSA) is 37.4 Å². The van der Waals surface area contributed by atoms with Crippen LogP contribution in [0.5, 0.6) is 0 Å². The first-order chi connectivity index (χ1) is 11.5. The van der Waals surface area contributed by atoms with E-state index < -0.39 is 0 Å². The van der Waals surface area contributed by atoms with E-state index in [1.807, 2.05) is 19.9 Å². The summed E-state index contributed by atoms with van der Waals surface area (Å²) in [7, 11) is 0. The predicted molar refractivity (Wildman–Crippen MR) is 98.6 cm³/mol. The van der Waals surface area contributed by atoms with Crippen molar-refractivity contribution < 1.29 is 9.59 Å². The summed E-state index contributed by atoms with van der Waals surface area (Å²) in [6, 6.07) is 2.39. The van der Waals surface area contributed by atoms with E-state index in [1.165, 1.54) is 19.3 Å². The number of carbonyl (C=O) groups is 2. The maximum Gasteiger partial charge on any atom is 0.223 e. The summed E-state index contributed by atoms with van der Waals surface area (Å²) in [6.07, 6.45) is 6.79. The van der Waals surface area contributed by atoms with Gasteiger partial charge >= 0.3 is 0 Å². The lowest BCUT2D eigenvalue weighted by Gasteiger charge is -2.47. The van der Waals surface area contributed by atoms with E-state index >= 15 is 0 Å². The van der Waals surface area contributed by atoms with Gasteiger partial charge in [-0.2, -0.15) is 0 Å². The number of thiophene rings is 1. The number of nitrogens with zero attached hydrogens (tertiary/aromatic N) is 1. The number of rotatable bonds is 4. The van der Waals surface area contributed by atoms with Crippen LogP contribution in [0.2, 0.25) is 0 Å². The van der Waals surface area contributed by atoms with Gasteiger partial charge in [-0.1, -0.05) is 19.8 Å². The van der Waals surface area contributed by atoms with Gasteiger partial charge in [-0.15, -0.1) is 11.3 Å². The Labute approximate surface area is 149 Å². The Kier molecular flexibility index (Phi) is 5.43. The molecule has 2 aliphatic rings. The molecule has 1 saturated heterocycles. The maximum absolute atomic E-state index is 12.8. The summed E-state index contributed by atoms with van der Waals surface area (Å²) in [5, 5.41) is 0. The van der Waals surface area contributed by atoms with Crippen molar-refractivity contribution in [1.82, 2.24) is 4.90 Å². The van der Waals surface area contributed by atoms with Crippen molar-refractivity contribution in [2.45, 2.75) is 71.8 Å². The average molecular weight is 348 g/mol. The fourth-order valence-corrected chi connectivity index (χ4v) is 5.57. The molecule has 1 aromatic rings. The van der Waals surface area contributed by atoms with Crippen molar-refractivity contribution in [2.24, 2.45) is 11.8 Å². The van der Waals surface area contributed by atoms with Gasteiger partial charge in [-0.25, -0.2) is 0 Å². The van der Waals surface area contributed by atoms with Gasteiger partial charge in [0, 0.05) is 40.7 Å². The highest BCUT2D eigenvalue weighted by Gasteiger charge is 2.39. The molecule has 2 heterocycles. The minimum Gasteiger partial charge on any atom is -0.339 e. The van der Waals surface area contributed by atoms with Crippen LogP contribution in [-0.4, -0.2) is 29.2 Å². The second kappa shape index (κ2) is 7.38. The van der Waals surface area contributed by atoms with Gasteiger partial charge < -0.3 is 4.90 Å². The molecule has 0 radical (unpaired) electrons. The molecule has 0 N–H and O–H groups in total. The number of likely N-dealkylation sites (tertiary alicyclic amines) is 1. The Morgan fingerprint density at radius 3 is 2.62 bits per heavy atom. The smallest absolute Gasteiger partial charge is 0.223 e. The first kappa shape index (κ1) is 17.7. The molecular weight excluding hydrogens is 318 g/mol. The van der Waals surface area contributed by atoms with Crippen molar-refractivity contribution >= 4 is 23.0 Å². The summed E-state index contributed by atoms with van der Waals surface area (Å²) in [6.45, 7) is 7.24. The largest absolute Gasteiger partial charge is 0.339 e. The Hall–Kier alpha value is -1.16. The predicted octanol–water partition coefficient (Wildman–Crippen LogP) is 4.76. The molecule has 0 aromatic carbocycles. The fraction of sp³-hybridized carbons (Fsp3) is 0.700. The average Bonchev–Trinajstić information content (AvgIpc) is 2.91. The van der Waals surface area contributed by atoms with Gasteiger partial charge in [0.2, 0.25) is 5.91 Å². The SMILES string of the molecule is Cc1cc(C(=O)CCC(=O)N2CC[C@H](C)[C@@H]3CCCC[C@H]32)c(C)s1. The van der Waals surface area contributed by atoms with E-state index in [1.54, 1.807) is 11.3 Å². The lowest BCUT2D eigenvalue weighted by molar-refractivity contribution is -0.139. The number of fused-ring (bicyclic) bond motifs is 1. The van der Waals surface area contributed by atoms with Crippen molar-refractivity contribution in [3.63, 3.8) is 0 Å². The third kappa shape index (κ3) is 3.58. The summed E-state index contributed by atoms with van der Waals surface area (Å²) < 4.78 is 0. The first-order valence-electron chi connectivity index (χ1n) is 9.37. The van der Waals surface area contributed by atoms with E-state index in [4.69, 9.17) is 0 Å². The first-order valence-corrected chi connectivity index (χ1v) is 10.2. The van der Waals surface area contributed by atoms with Crippen LogP contribution in [0, 0.1) is 25.7 Å². The molecule has 1 aliphatic heterocycles. The number of hydrogen-bond acceptors (Lipinski definition) is 3. The Balaban J connectivity index is 1.60. The third-order valence-electron chi connectivity index (χ3n) is 5.97. The summed E-state index contributed by atoms with van der Waals surface area (Å²) in [4.78, 5) is 29.5. The van der Waals surface area contributed by atoms with Crippen LogP contribution in [0.25, 0.3) is 0 Å². The second-order valence-electron chi connectivity index (χ2n) is 7.62. The number of amides is 1. The van der Waals surface area contributed by atoms with Crippen LogP contribution in [0.3, 0.4) is 0 Å². The van der Waals surface area contributed by atoms with E-state index in [0.717, 1.165) is 40.6 Å². The minimum atomic E-state index is 0.121. The molecule has 4 heteroatoms. The van der Waals surface area contributed by atoms with Crippen molar-refractivity contribution in [1.29, 1.82) is 0 Å². The van der Waals surface area contributed by atoms with Crippen molar-refractivity contribution in [3.05, 3.63) is 21.4 Å². The molecule has 0 spiro atoms. The maximum atomic E-state index is 12.8.